The normalized spacial score (nSPS) is 11.2. The fraction of sp³-hybridized carbons (Fsp3) is 0.414. The zero-order chi connectivity index (χ0) is 30.2. The summed E-state index contributed by atoms with van der Waals surface area (Å²) in [5.74, 6) is -0.366. The number of amides is 1. The molecule has 10 nitrogen and oxygen atoms in total. The smallest absolute Gasteiger partial charge is 0.303 e. The molecule has 0 saturated heterocycles. The number of halogens is 1. The number of carbonyl (C=O) groups excluding carboxylic acids is 1. The van der Waals surface area contributed by atoms with Gasteiger partial charge in [-0.25, -0.2) is 9.37 Å². The van der Waals surface area contributed by atoms with Crippen molar-refractivity contribution in [2.75, 3.05) is 47.6 Å². The van der Waals surface area contributed by atoms with Gasteiger partial charge >= 0.3 is 5.97 Å². The first-order chi connectivity index (χ1) is 20.2. The van der Waals surface area contributed by atoms with Crippen LogP contribution in [0.15, 0.2) is 24.3 Å². The van der Waals surface area contributed by atoms with E-state index in [0.717, 1.165) is 10.1 Å². The van der Waals surface area contributed by atoms with Crippen LogP contribution < -0.4 is 18.9 Å². The van der Waals surface area contributed by atoms with Gasteiger partial charge in [-0.15, -0.1) is 22.7 Å². The number of aliphatic hydroxyl groups excluding tert-OH is 1. The molecule has 2 aromatic carbocycles. The van der Waals surface area contributed by atoms with Gasteiger partial charge in [0.1, 0.15) is 5.52 Å². The molecule has 0 unspecified atom stereocenters. The average Bonchev–Trinajstić information content (AvgIpc) is 3.59. The maximum absolute atomic E-state index is 15.3. The Hall–Kier alpha value is -3.68. The van der Waals surface area contributed by atoms with Crippen LogP contribution in [-0.2, 0) is 11.2 Å². The second kappa shape index (κ2) is 14.5. The summed E-state index contributed by atoms with van der Waals surface area (Å²) >= 11 is 2.66. The number of aliphatic carboxylic acids is 1. The van der Waals surface area contributed by atoms with Gasteiger partial charge in [-0.05, 0) is 36.8 Å². The first-order valence-corrected chi connectivity index (χ1v) is 15.0. The van der Waals surface area contributed by atoms with Crippen LogP contribution in [0.3, 0.4) is 0 Å². The van der Waals surface area contributed by atoms with E-state index in [0.29, 0.717) is 58.3 Å². The SMILES string of the molecule is COc1cc2sc(C(=O)N(C)CCCO)cc2cc1OCCCOc1c(OC)cc2sc(CCCC(=O)O)nc2c1F. The van der Waals surface area contributed by atoms with E-state index in [-0.39, 0.29) is 49.2 Å². The number of hydrogen-bond donors (Lipinski definition) is 2. The maximum Gasteiger partial charge on any atom is 0.303 e. The van der Waals surface area contributed by atoms with Crippen molar-refractivity contribution < 1.29 is 43.1 Å². The Morgan fingerprint density at radius 1 is 0.952 bits per heavy atom. The fourth-order valence-corrected chi connectivity index (χ4v) is 6.36. The number of rotatable bonds is 16. The molecule has 2 aromatic heterocycles. The number of benzene rings is 2. The second-order valence-corrected chi connectivity index (χ2v) is 11.6. The third-order valence-corrected chi connectivity index (χ3v) is 8.54. The third kappa shape index (κ3) is 7.39. The summed E-state index contributed by atoms with van der Waals surface area (Å²) in [4.78, 5) is 30.0. The number of nitrogens with zero attached hydrogens (tertiary/aromatic N) is 2. The molecule has 42 heavy (non-hydrogen) atoms. The largest absolute Gasteiger partial charge is 0.493 e. The van der Waals surface area contributed by atoms with Gasteiger partial charge in [0, 0.05) is 49.9 Å². The van der Waals surface area contributed by atoms with Crippen molar-refractivity contribution >= 4 is 54.9 Å². The van der Waals surface area contributed by atoms with E-state index in [4.69, 9.17) is 29.2 Å². The molecule has 1 amide bonds. The second-order valence-electron chi connectivity index (χ2n) is 9.43. The maximum atomic E-state index is 15.3. The number of aromatic nitrogens is 1. The van der Waals surface area contributed by atoms with Gasteiger partial charge in [0.2, 0.25) is 0 Å². The van der Waals surface area contributed by atoms with Crippen molar-refractivity contribution in [1.82, 2.24) is 9.88 Å². The van der Waals surface area contributed by atoms with Crippen molar-refractivity contribution in [2.45, 2.75) is 32.1 Å². The summed E-state index contributed by atoms with van der Waals surface area (Å²) in [5, 5.41) is 19.4. The minimum atomic E-state index is -0.881. The Labute approximate surface area is 250 Å². The fourth-order valence-electron chi connectivity index (χ4n) is 4.26. The van der Waals surface area contributed by atoms with E-state index >= 15 is 4.39 Å². The predicted octanol–water partition coefficient (Wildman–Crippen LogP) is 5.38. The summed E-state index contributed by atoms with van der Waals surface area (Å²) in [5.41, 5.74) is 0.170. The zero-order valence-electron chi connectivity index (χ0n) is 23.6. The Morgan fingerprint density at radius 2 is 1.69 bits per heavy atom. The number of carboxylic acid groups (broad SMARTS) is 1. The summed E-state index contributed by atoms with van der Waals surface area (Å²) < 4.78 is 39.4. The molecular formula is C29H33FN2O8S2. The number of fused-ring (bicyclic) bond motifs is 2. The van der Waals surface area contributed by atoms with Crippen molar-refractivity contribution in [3.05, 3.63) is 40.0 Å². The van der Waals surface area contributed by atoms with E-state index in [1.54, 1.807) is 25.1 Å². The Kier molecular flexibility index (Phi) is 10.8. The molecule has 0 radical (unpaired) electrons. The highest BCUT2D eigenvalue weighted by Gasteiger charge is 2.20. The summed E-state index contributed by atoms with van der Waals surface area (Å²) in [7, 11) is 4.68. The zero-order valence-corrected chi connectivity index (χ0v) is 25.2. The quantitative estimate of drug-likeness (QED) is 0.159. The lowest BCUT2D eigenvalue weighted by atomic mass is 10.2. The van der Waals surface area contributed by atoms with Crippen LogP contribution in [-0.4, -0.2) is 79.6 Å². The predicted molar refractivity (Wildman–Crippen MR) is 159 cm³/mol. The topological polar surface area (TPSA) is 128 Å². The molecule has 4 rings (SSSR count). The first kappa shape index (κ1) is 31.3. The molecular weight excluding hydrogens is 587 g/mol. The van der Waals surface area contributed by atoms with Crippen LogP contribution >= 0.6 is 22.7 Å². The Balaban J connectivity index is 1.38. The van der Waals surface area contributed by atoms with E-state index in [2.05, 4.69) is 4.98 Å². The molecule has 226 valence electrons. The van der Waals surface area contributed by atoms with Gasteiger partial charge in [0.15, 0.2) is 28.8 Å². The Bertz CT molecular complexity index is 1550. The van der Waals surface area contributed by atoms with Gasteiger partial charge < -0.3 is 34.1 Å². The molecule has 0 aliphatic carbocycles. The van der Waals surface area contributed by atoms with E-state index in [1.165, 1.54) is 29.8 Å². The third-order valence-electron chi connectivity index (χ3n) is 6.40. The number of carbonyl (C=O) groups is 2. The number of aliphatic hydroxyl groups is 1. The number of ether oxygens (including phenoxy) is 4. The number of aryl methyl sites for hydroxylation is 1. The molecule has 0 aliphatic heterocycles. The van der Waals surface area contributed by atoms with Gasteiger partial charge in [0.25, 0.3) is 5.91 Å². The number of hydrogen-bond acceptors (Lipinski definition) is 10. The number of carboxylic acids is 1. The molecule has 0 spiro atoms. The van der Waals surface area contributed by atoms with Crippen molar-refractivity contribution in [3.63, 3.8) is 0 Å². The molecule has 0 saturated carbocycles. The van der Waals surface area contributed by atoms with Crippen molar-refractivity contribution in [3.8, 4) is 23.0 Å². The van der Waals surface area contributed by atoms with E-state index in [9.17, 15) is 9.59 Å². The van der Waals surface area contributed by atoms with Crippen LogP contribution in [0.4, 0.5) is 4.39 Å². The minimum Gasteiger partial charge on any atom is -0.493 e. The van der Waals surface area contributed by atoms with Crippen LogP contribution in [0, 0.1) is 5.82 Å². The molecule has 13 heteroatoms. The lowest BCUT2D eigenvalue weighted by molar-refractivity contribution is -0.137. The van der Waals surface area contributed by atoms with E-state index in [1.807, 2.05) is 18.2 Å². The number of thiophene rings is 1. The Morgan fingerprint density at radius 3 is 2.40 bits per heavy atom. The summed E-state index contributed by atoms with van der Waals surface area (Å²) in [6.45, 7) is 0.899. The molecule has 2 heterocycles. The van der Waals surface area contributed by atoms with Crippen molar-refractivity contribution in [2.24, 2.45) is 0 Å². The lowest BCUT2D eigenvalue weighted by Gasteiger charge is -2.14. The lowest BCUT2D eigenvalue weighted by Crippen LogP contribution is -2.27. The average molecular weight is 621 g/mol. The molecule has 0 atom stereocenters. The first-order valence-electron chi connectivity index (χ1n) is 13.4. The van der Waals surface area contributed by atoms with Crippen LogP contribution in [0.2, 0.25) is 0 Å². The van der Waals surface area contributed by atoms with Gasteiger partial charge in [-0.1, -0.05) is 0 Å². The highest BCUT2D eigenvalue weighted by atomic mass is 32.1. The van der Waals surface area contributed by atoms with Crippen LogP contribution in [0.25, 0.3) is 20.3 Å². The summed E-state index contributed by atoms with van der Waals surface area (Å²) in [6.07, 6.45) is 1.83. The molecule has 0 bridgehead atoms. The van der Waals surface area contributed by atoms with Crippen LogP contribution in [0.5, 0.6) is 23.0 Å². The van der Waals surface area contributed by atoms with Gasteiger partial charge in [-0.3, -0.25) is 9.59 Å². The molecule has 0 fully saturated rings. The molecule has 0 aliphatic rings. The molecule has 2 N–H and O–H groups in total. The summed E-state index contributed by atoms with van der Waals surface area (Å²) in [6, 6.07) is 7.14. The van der Waals surface area contributed by atoms with Gasteiger partial charge in [0.05, 0.1) is 42.0 Å². The number of thiazole rings is 1. The van der Waals surface area contributed by atoms with Crippen molar-refractivity contribution in [1.29, 1.82) is 0 Å². The minimum absolute atomic E-state index is 0.0227. The van der Waals surface area contributed by atoms with Crippen LogP contribution in [0.1, 0.15) is 40.4 Å². The highest BCUT2D eigenvalue weighted by Crippen LogP contribution is 2.39. The highest BCUT2D eigenvalue weighted by molar-refractivity contribution is 7.20. The number of methoxy groups -OCH3 is 2. The standard InChI is InChI=1S/C29H33FN2O8S2/c1-32(9-5-10-33)29(36)23-14-17-13-19(18(37-2)15-21(17)41-23)39-11-6-12-40-28-20(38-3)16-22-27(26(28)30)31-24(42-22)7-4-8-25(34)35/h13-16,33H,4-12H2,1-3H3,(H,34,35). The molecule has 4 aromatic rings. The monoisotopic (exact) mass is 620 g/mol. The van der Waals surface area contributed by atoms with Gasteiger partial charge in [-0.2, -0.15) is 0 Å². The van der Waals surface area contributed by atoms with E-state index < -0.39 is 11.8 Å².